The average molecular weight is 331 g/mol. The minimum atomic E-state index is -0.232. The zero-order valence-corrected chi connectivity index (χ0v) is 14.6. The Morgan fingerprint density at radius 1 is 1.28 bits per heavy atom. The molecule has 25 heavy (non-hydrogen) atoms. The van der Waals surface area contributed by atoms with E-state index in [-0.39, 0.29) is 5.41 Å². The average Bonchev–Trinajstić information content (AvgIpc) is 3.06. The van der Waals surface area contributed by atoms with Crippen LogP contribution in [0.1, 0.15) is 25.8 Å². The zero-order valence-electron chi connectivity index (χ0n) is 14.6. The number of fused-ring (bicyclic) bond motifs is 1. The number of rotatable bonds is 4. The van der Waals surface area contributed by atoms with Crippen LogP contribution in [0.25, 0.3) is 22.3 Å². The van der Waals surface area contributed by atoms with Crippen LogP contribution in [0.2, 0.25) is 0 Å². The lowest BCUT2D eigenvalue weighted by Crippen LogP contribution is -2.55. The fraction of sp³-hybridized carbons (Fsp3) is 0.350. The third kappa shape index (κ3) is 2.54. The Labute approximate surface area is 147 Å². The number of nitrogens with one attached hydrogen (secondary N) is 1. The number of nitrogens with zero attached hydrogens (tertiary/aromatic N) is 4. The largest absolute Gasteiger partial charge is 0.353 e. The second-order valence-electron chi connectivity index (χ2n) is 6.79. The molecular formula is C20H21N5. The number of anilines is 1. The lowest BCUT2D eigenvalue weighted by atomic mass is 9.78. The highest BCUT2D eigenvalue weighted by Crippen LogP contribution is 2.40. The molecule has 1 aliphatic heterocycles. The summed E-state index contributed by atoms with van der Waals surface area (Å²) in [5.74, 6) is 0.947. The summed E-state index contributed by atoms with van der Waals surface area (Å²) in [7, 11) is 0. The molecule has 1 saturated heterocycles. The monoisotopic (exact) mass is 331 g/mol. The highest BCUT2D eigenvalue weighted by Gasteiger charge is 2.43. The van der Waals surface area contributed by atoms with Crippen molar-refractivity contribution in [1.29, 1.82) is 5.26 Å². The van der Waals surface area contributed by atoms with Gasteiger partial charge in [0.05, 0.1) is 28.2 Å². The van der Waals surface area contributed by atoms with Gasteiger partial charge in [-0.25, -0.2) is 4.98 Å². The minimum absolute atomic E-state index is 0.232. The molecule has 5 nitrogen and oxygen atoms in total. The quantitative estimate of drug-likeness (QED) is 0.786. The van der Waals surface area contributed by atoms with Crippen molar-refractivity contribution in [3.63, 3.8) is 0 Å². The van der Waals surface area contributed by atoms with Gasteiger partial charge in [-0.2, -0.15) is 5.26 Å². The van der Waals surface area contributed by atoms with Gasteiger partial charge >= 0.3 is 0 Å². The van der Waals surface area contributed by atoms with Crippen LogP contribution in [-0.2, 0) is 6.42 Å². The van der Waals surface area contributed by atoms with E-state index in [2.05, 4.69) is 46.9 Å². The third-order valence-corrected chi connectivity index (χ3v) is 5.21. The van der Waals surface area contributed by atoms with Gasteiger partial charge in [-0.15, -0.1) is 0 Å². The van der Waals surface area contributed by atoms with Crippen LogP contribution in [0.5, 0.6) is 0 Å². The van der Waals surface area contributed by atoms with Gasteiger partial charge in [-0.05, 0) is 42.7 Å². The van der Waals surface area contributed by atoms with Crippen LogP contribution < -0.4 is 4.90 Å². The van der Waals surface area contributed by atoms with E-state index in [0.29, 0.717) is 0 Å². The van der Waals surface area contributed by atoms with Crippen molar-refractivity contribution < 1.29 is 0 Å². The van der Waals surface area contributed by atoms with E-state index < -0.39 is 0 Å². The molecular weight excluding hydrogens is 310 g/mol. The Bertz CT molecular complexity index is 927. The summed E-state index contributed by atoms with van der Waals surface area (Å²) in [6.45, 7) is 5.70. The number of hydrogen-bond donors (Lipinski definition) is 1. The van der Waals surface area contributed by atoms with Gasteiger partial charge in [0, 0.05) is 31.0 Å². The van der Waals surface area contributed by atoms with E-state index in [1.165, 1.54) is 5.56 Å². The Morgan fingerprint density at radius 3 is 2.80 bits per heavy atom. The Kier molecular flexibility index (Phi) is 3.69. The van der Waals surface area contributed by atoms with Gasteiger partial charge in [0.2, 0.25) is 0 Å². The van der Waals surface area contributed by atoms with Crippen molar-refractivity contribution in [3.8, 4) is 17.3 Å². The SMILES string of the molecule is CCc1cnc(N2CC(C#N)(CC)C2)c(-c2cc3ncccc3[nH]2)c1. The predicted octanol–water partition coefficient (Wildman–Crippen LogP) is 3.93. The van der Waals surface area contributed by atoms with E-state index >= 15 is 0 Å². The van der Waals surface area contributed by atoms with Crippen LogP contribution in [-0.4, -0.2) is 28.0 Å². The van der Waals surface area contributed by atoms with E-state index in [1.54, 1.807) is 6.20 Å². The van der Waals surface area contributed by atoms with Crippen LogP contribution in [0.15, 0.2) is 36.7 Å². The van der Waals surface area contributed by atoms with Crippen molar-refractivity contribution in [1.82, 2.24) is 15.0 Å². The first-order valence-corrected chi connectivity index (χ1v) is 8.77. The van der Waals surface area contributed by atoms with Crippen molar-refractivity contribution in [2.75, 3.05) is 18.0 Å². The topological polar surface area (TPSA) is 68.6 Å². The molecule has 3 aromatic heterocycles. The molecule has 0 bridgehead atoms. The van der Waals surface area contributed by atoms with Crippen LogP contribution in [0.3, 0.4) is 0 Å². The van der Waals surface area contributed by atoms with Gasteiger partial charge in [0.1, 0.15) is 5.82 Å². The molecule has 4 heterocycles. The molecule has 0 saturated carbocycles. The standard InChI is InChI=1S/C20H21N5/c1-3-14-8-15(17-9-18-16(24-17)6-5-7-22-18)19(23-10-14)25-12-20(4-2,11-21)13-25/h5-10,24H,3-4,12-13H2,1-2H3. The first kappa shape index (κ1) is 15.6. The number of hydrogen-bond acceptors (Lipinski definition) is 4. The molecule has 3 aromatic rings. The van der Waals surface area contributed by atoms with Gasteiger partial charge < -0.3 is 9.88 Å². The molecule has 0 aromatic carbocycles. The van der Waals surface area contributed by atoms with E-state index in [0.717, 1.165) is 54.0 Å². The maximum atomic E-state index is 9.45. The van der Waals surface area contributed by atoms with Gasteiger partial charge in [0.15, 0.2) is 0 Å². The summed E-state index contributed by atoms with van der Waals surface area (Å²) >= 11 is 0. The number of aromatic nitrogens is 3. The molecule has 0 amide bonds. The molecule has 0 aliphatic carbocycles. The smallest absolute Gasteiger partial charge is 0.138 e. The number of aryl methyl sites for hydroxylation is 1. The predicted molar refractivity (Wildman–Crippen MR) is 99.3 cm³/mol. The molecule has 0 unspecified atom stereocenters. The van der Waals surface area contributed by atoms with Crippen molar-refractivity contribution in [2.24, 2.45) is 5.41 Å². The fourth-order valence-electron chi connectivity index (χ4n) is 3.45. The number of H-pyrrole nitrogens is 1. The molecule has 1 fully saturated rings. The summed E-state index contributed by atoms with van der Waals surface area (Å²) in [6.07, 6.45) is 5.56. The number of pyridine rings is 2. The Hall–Kier alpha value is -2.87. The Balaban J connectivity index is 1.77. The second-order valence-corrected chi connectivity index (χ2v) is 6.79. The molecule has 0 atom stereocenters. The number of nitriles is 1. The minimum Gasteiger partial charge on any atom is -0.353 e. The molecule has 0 radical (unpaired) electrons. The van der Waals surface area contributed by atoms with Crippen LogP contribution in [0.4, 0.5) is 5.82 Å². The van der Waals surface area contributed by atoms with Crippen LogP contribution >= 0.6 is 0 Å². The maximum absolute atomic E-state index is 9.45. The lowest BCUT2D eigenvalue weighted by molar-refractivity contribution is 0.290. The van der Waals surface area contributed by atoms with Crippen molar-refractivity contribution in [3.05, 3.63) is 42.2 Å². The summed E-state index contributed by atoms with van der Waals surface area (Å²) in [5.41, 5.74) is 5.05. The highest BCUT2D eigenvalue weighted by atomic mass is 15.3. The molecule has 1 N–H and O–H groups in total. The van der Waals surface area contributed by atoms with Crippen molar-refractivity contribution in [2.45, 2.75) is 26.7 Å². The maximum Gasteiger partial charge on any atom is 0.138 e. The van der Waals surface area contributed by atoms with Gasteiger partial charge in [-0.3, -0.25) is 4.98 Å². The third-order valence-electron chi connectivity index (χ3n) is 5.21. The highest BCUT2D eigenvalue weighted by molar-refractivity contribution is 5.86. The number of aromatic amines is 1. The molecule has 0 spiro atoms. The first-order chi connectivity index (χ1) is 12.2. The van der Waals surface area contributed by atoms with E-state index in [9.17, 15) is 5.26 Å². The molecule has 4 rings (SSSR count). The fourth-order valence-corrected chi connectivity index (χ4v) is 3.45. The lowest BCUT2D eigenvalue weighted by Gasteiger charge is -2.46. The summed E-state index contributed by atoms with van der Waals surface area (Å²) in [4.78, 5) is 14.8. The molecule has 126 valence electrons. The zero-order chi connectivity index (χ0) is 17.4. The summed E-state index contributed by atoms with van der Waals surface area (Å²) < 4.78 is 0. The van der Waals surface area contributed by atoms with E-state index in [4.69, 9.17) is 4.98 Å². The summed E-state index contributed by atoms with van der Waals surface area (Å²) in [5, 5.41) is 9.45. The van der Waals surface area contributed by atoms with Crippen LogP contribution in [0, 0.1) is 16.7 Å². The van der Waals surface area contributed by atoms with Crippen molar-refractivity contribution >= 4 is 16.9 Å². The Morgan fingerprint density at radius 2 is 2.12 bits per heavy atom. The molecule has 5 heteroatoms. The second kappa shape index (κ2) is 5.89. The van der Waals surface area contributed by atoms with Gasteiger partial charge in [0.25, 0.3) is 0 Å². The van der Waals surface area contributed by atoms with E-state index in [1.807, 2.05) is 18.3 Å². The first-order valence-electron chi connectivity index (χ1n) is 8.77. The normalized spacial score (nSPS) is 15.8. The summed E-state index contributed by atoms with van der Waals surface area (Å²) in [6, 6.07) is 10.7. The van der Waals surface area contributed by atoms with Gasteiger partial charge in [-0.1, -0.05) is 13.8 Å². The molecule has 1 aliphatic rings.